The smallest absolute Gasteiger partial charge is 0.170 e. The zero-order valence-corrected chi connectivity index (χ0v) is 11.5. The largest absolute Gasteiger partial charge is 0.494 e. The van der Waals surface area contributed by atoms with Crippen molar-refractivity contribution in [3.8, 4) is 11.4 Å². The molecule has 0 saturated carbocycles. The Morgan fingerprint density at radius 2 is 2.21 bits per heavy atom. The SMILES string of the molecule is CCOc1cccc(-n2nnnc2CNC(C)C)c1. The minimum Gasteiger partial charge on any atom is -0.494 e. The fourth-order valence-corrected chi connectivity index (χ4v) is 1.68. The van der Waals surface area contributed by atoms with Crippen molar-refractivity contribution < 1.29 is 4.74 Å². The van der Waals surface area contributed by atoms with Crippen LogP contribution in [0.2, 0.25) is 0 Å². The van der Waals surface area contributed by atoms with E-state index in [1.54, 1.807) is 4.68 Å². The lowest BCUT2D eigenvalue weighted by molar-refractivity contribution is 0.340. The minimum atomic E-state index is 0.389. The highest BCUT2D eigenvalue weighted by Gasteiger charge is 2.09. The maximum Gasteiger partial charge on any atom is 0.170 e. The molecule has 0 unspecified atom stereocenters. The van der Waals surface area contributed by atoms with E-state index in [1.807, 2.05) is 31.2 Å². The van der Waals surface area contributed by atoms with E-state index in [0.717, 1.165) is 17.3 Å². The highest BCUT2D eigenvalue weighted by Crippen LogP contribution is 2.16. The normalized spacial score (nSPS) is 10.9. The van der Waals surface area contributed by atoms with E-state index in [-0.39, 0.29) is 0 Å². The number of hydrogen-bond acceptors (Lipinski definition) is 5. The summed E-state index contributed by atoms with van der Waals surface area (Å²) in [5, 5.41) is 15.1. The Morgan fingerprint density at radius 3 is 2.95 bits per heavy atom. The van der Waals surface area contributed by atoms with E-state index in [1.165, 1.54) is 0 Å². The number of hydrogen-bond donors (Lipinski definition) is 1. The summed E-state index contributed by atoms with van der Waals surface area (Å²) in [4.78, 5) is 0. The van der Waals surface area contributed by atoms with Gasteiger partial charge >= 0.3 is 0 Å². The van der Waals surface area contributed by atoms with Crippen LogP contribution >= 0.6 is 0 Å². The molecule has 2 rings (SSSR count). The molecule has 6 nitrogen and oxygen atoms in total. The van der Waals surface area contributed by atoms with E-state index < -0.39 is 0 Å². The summed E-state index contributed by atoms with van der Waals surface area (Å²) >= 11 is 0. The molecule has 0 aliphatic carbocycles. The second kappa shape index (κ2) is 6.29. The van der Waals surface area contributed by atoms with Gasteiger partial charge in [-0.3, -0.25) is 0 Å². The van der Waals surface area contributed by atoms with Crippen LogP contribution in [0.15, 0.2) is 24.3 Å². The van der Waals surface area contributed by atoms with Crippen molar-refractivity contribution in [2.24, 2.45) is 0 Å². The third-order valence-electron chi connectivity index (χ3n) is 2.58. The zero-order valence-electron chi connectivity index (χ0n) is 11.5. The van der Waals surface area contributed by atoms with Gasteiger partial charge in [0.05, 0.1) is 18.8 Å². The van der Waals surface area contributed by atoms with Crippen molar-refractivity contribution in [1.82, 2.24) is 25.5 Å². The maximum absolute atomic E-state index is 5.49. The third kappa shape index (κ3) is 3.51. The van der Waals surface area contributed by atoms with E-state index >= 15 is 0 Å². The van der Waals surface area contributed by atoms with Gasteiger partial charge in [0, 0.05) is 12.1 Å². The summed E-state index contributed by atoms with van der Waals surface area (Å²) < 4.78 is 7.21. The second-order valence-electron chi connectivity index (χ2n) is 4.47. The van der Waals surface area contributed by atoms with Crippen LogP contribution in [-0.2, 0) is 6.54 Å². The van der Waals surface area contributed by atoms with Gasteiger partial charge in [-0.25, -0.2) is 0 Å². The number of ether oxygens (including phenoxy) is 1. The molecule has 0 amide bonds. The molecule has 1 aromatic heterocycles. The molecule has 0 radical (unpaired) electrons. The Labute approximate surface area is 112 Å². The van der Waals surface area contributed by atoms with Gasteiger partial charge in [-0.1, -0.05) is 19.9 Å². The topological polar surface area (TPSA) is 64.9 Å². The van der Waals surface area contributed by atoms with Crippen molar-refractivity contribution in [2.45, 2.75) is 33.4 Å². The second-order valence-corrected chi connectivity index (χ2v) is 4.47. The molecule has 0 spiro atoms. The number of aromatic nitrogens is 4. The van der Waals surface area contributed by atoms with Crippen LogP contribution in [0.4, 0.5) is 0 Å². The fraction of sp³-hybridized carbons (Fsp3) is 0.462. The van der Waals surface area contributed by atoms with Crippen LogP contribution in [-0.4, -0.2) is 32.9 Å². The molecule has 0 aliphatic heterocycles. The Kier molecular flexibility index (Phi) is 4.46. The fourth-order valence-electron chi connectivity index (χ4n) is 1.68. The highest BCUT2D eigenvalue weighted by atomic mass is 16.5. The van der Waals surface area contributed by atoms with E-state index in [4.69, 9.17) is 4.74 Å². The lowest BCUT2D eigenvalue weighted by Gasteiger charge is -2.09. The zero-order chi connectivity index (χ0) is 13.7. The molecule has 1 aromatic carbocycles. The quantitative estimate of drug-likeness (QED) is 0.855. The summed E-state index contributed by atoms with van der Waals surface area (Å²) in [6.45, 7) is 7.40. The number of rotatable bonds is 6. The van der Waals surface area contributed by atoms with Crippen LogP contribution < -0.4 is 10.1 Å². The molecule has 0 aliphatic rings. The summed E-state index contributed by atoms with van der Waals surface area (Å²) in [7, 11) is 0. The lowest BCUT2D eigenvalue weighted by Crippen LogP contribution is -2.24. The molecule has 2 aromatic rings. The average molecular weight is 261 g/mol. The first-order valence-corrected chi connectivity index (χ1v) is 6.44. The highest BCUT2D eigenvalue weighted by molar-refractivity contribution is 5.38. The number of tetrazole rings is 1. The molecule has 0 bridgehead atoms. The van der Waals surface area contributed by atoms with E-state index in [9.17, 15) is 0 Å². The van der Waals surface area contributed by atoms with Gasteiger partial charge in [0.15, 0.2) is 5.82 Å². The Hall–Kier alpha value is -1.95. The Balaban J connectivity index is 2.21. The minimum absolute atomic E-state index is 0.389. The lowest BCUT2D eigenvalue weighted by atomic mass is 10.3. The maximum atomic E-state index is 5.49. The molecular formula is C13H19N5O. The molecule has 1 heterocycles. The summed E-state index contributed by atoms with van der Waals surface area (Å²) in [6.07, 6.45) is 0. The molecule has 0 saturated heterocycles. The van der Waals surface area contributed by atoms with Crippen molar-refractivity contribution in [3.05, 3.63) is 30.1 Å². The molecule has 0 atom stereocenters. The average Bonchev–Trinajstić information content (AvgIpc) is 2.85. The summed E-state index contributed by atoms with van der Waals surface area (Å²) in [6, 6.07) is 8.13. The molecule has 6 heteroatoms. The monoisotopic (exact) mass is 261 g/mol. The van der Waals surface area contributed by atoms with Crippen LogP contribution in [0.3, 0.4) is 0 Å². The van der Waals surface area contributed by atoms with Crippen LogP contribution in [0.1, 0.15) is 26.6 Å². The van der Waals surface area contributed by atoms with Crippen LogP contribution in [0.5, 0.6) is 5.75 Å². The van der Waals surface area contributed by atoms with Crippen molar-refractivity contribution in [1.29, 1.82) is 0 Å². The molecule has 102 valence electrons. The Bertz CT molecular complexity index is 523. The van der Waals surface area contributed by atoms with Gasteiger partial charge in [-0.15, -0.1) is 5.10 Å². The Morgan fingerprint density at radius 1 is 1.37 bits per heavy atom. The van der Waals surface area contributed by atoms with Crippen LogP contribution in [0, 0.1) is 0 Å². The van der Waals surface area contributed by atoms with E-state index in [0.29, 0.717) is 19.2 Å². The van der Waals surface area contributed by atoms with Gasteiger partial charge in [0.2, 0.25) is 0 Å². The third-order valence-corrected chi connectivity index (χ3v) is 2.58. The standard InChI is InChI=1S/C13H19N5O/c1-4-19-12-7-5-6-11(8-12)18-13(15-16-17-18)9-14-10(2)3/h5-8,10,14H,4,9H2,1-3H3. The first-order valence-electron chi connectivity index (χ1n) is 6.44. The van der Waals surface area contributed by atoms with Crippen molar-refractivity contribution in [3.63, 3.8) is 0 Å². The molecule has 1 N–H and O–H groups in total. The van der Waals surface area contributed by atoms with Crippen molar-refractivity contribution >= 4 is 0 Å². The number of nitrogens with one attached hydrogen (secondary N) is 1. The molecule has 19 heavy (non-hydrogen) atoms. The van der Waals surface area contributed by atoms with E-state index in [2.05, 4.69) is 34.7 Å². The molecular weight excluding hydrogens is 242 g/mol. The van der Waals surface area contributed by atoms with Gasteiger partial charge < -0.3 is 10.1 Å². The molecule has 0 fully saturated rings. The predicted molar refractivity (Wildman–Crippen MR) is 72.3 cm³/mol. The van der Waals surface area contributed by atoms with Crippen LogP contribution in [0.25, 0.3) is 5.69 Å². The van der Waals surface area contributed by atoms with Gasteiger partial charge in [-0.2, -0.15) is 4.68 Å². The first kappa shape index (κ1) is 13.5. The first-order chi connectivity index (χ1) is 9.20. The summed E-state index contributed by atoms with van der Waals surface area (Å²) in [5.74, 6) is 1.60. The van der Waals surface area contributed by atoms with Gasteiger partial charge in [-0.05, 0) is 29.5 Å². The number of nitrogens with zero attached hydrogens (tertiary/aromatic N) is 4. The van der Waals surface area contributed by atoms with Crippen molar-refractivity contribution in [2.75, 3.05) is 6.61 Å². The van der Waals surface area contributed by atoms with Gasteiger partial charge in [0.25, 0.3) is 0 Å². The van der Waals surface area contributed by atoms with Gasteiger partial charge in [0.1, 0.15) is 5.75 Å². The predicted octanol–water partition coefficient (Wildman–Crippen LogP) is 1.56. The number of benzene rings is 1. The summed E-state index contributed by atoms with van der Waals surface area (Å²) in [5.41, 5.74) is 0.900.